The van der Waals surface area contributed by atoms with E-state index in [4.69, 9.17) is 0 Å². The summed E-state index contributed by atoms with van der Waals surface area (Å²) in [5.74, 6) is 0.160. The first-order valence-electron chi connectivity index (χ1n) is 6.73. The molecule has 0 aromatic heterocycles. The fraction of sp³-hybridized carbons (Fsp3) is 0.235. The highest BCUT2D eigenvalue weighted by Crippen LogP contribution is 2.47. The lowest BCUT2D eigenvalue weighted by molar-refractivity contribution is -0.118. The van der Waals surface area contributed by atoms with Crippen molar-refractivity contribution >= 4 is 28.9 Å². The maximum atomic E-state index is 11.6. The molecule has 1 heterocycles. The average molecular weight is 283 g/mol. The van der Waals surface area contributed by atoms with Gasteiger partial charge in [-0.15, -0.1) is 0 Å². The Hall–Kier alpha value is -1.74. The Morgan fingerprint density at radius 3 is 2.55 bits per heavy atom. The third kappa shape index (κ3) is 2.12. The van der Waals surface area contributed by atoms with Crippen molar-refractivity contribution in [3.8, 4) is 0 Å². The zero-order valence-corrected chi connectivity index (χ0v) is 12.7. The summed E-state index contributed by atoms with van der Waals surface area (Å²) in [5, 5.41) is 0. The van der Waals surface area contributed by atoms with E-state index in [1.54, 1.807) is 18.7 Å². The number of hydrogen-bond acceptors (Lipinski definition) is 3. The zero-order chi connectivity index (χ0) is 14.3. The predicted octanol–water partition coefficient (Wildman–Crippen LogP) is 4.61. The third-order valence-electron chi connectivity index (χ3n) is 3.90. The van der Waals surface area contributed by atoms with E-state index in [1.807, 2.05) is 6.92 Å². The van der Waals surface area contributed by atoms with Gasteiger partial charge in [-0.2, -0.15) is 0 Å². The number of ketones is 1. The van der Waals surface area contributed by atoms with Crippen molar-refractivity contribution < 1.29 is 4.79 Å². The molecule has 0 radical (unpaired) electrons. The van der Waals surface area contributed by atoms with E-state index in [9.17, 15) is 4.79 Å². The molecule has 3 rings (SSSR count). The van der Waals surface area contributed by atoms with E-state index >= 15 is 0 Å². The van der Waals surface area contributed by atoms with Crippen LogP contribution < -0.4 is 4.90 Å². The summed E-state index contributed by atoms with van der Waals surface area (Å²) in [6.07, 6.45) is 0. The van der Waals surface area contributed by atoms with Gasteiger partial charge in [0.1, 0.15) is 5.78 Å². The molecule has 1 atom stereocenters. The van der Waals surface area contributed by atoms with E-state index in [1.165, 1.54) is 21.2 Å². The number of rotatable bonds is 2. The molecule has 0 amide bonds. The van der Waals surface area contributed by atoms with Crippen molar-refractivity contribution in [2.45, 2.75) is 29.6 Å². The van der Waals surface area contributed by atoms with Crippen LogP contribution in [0.3, 0.4) is 0 Å². The zero-order valence-electron chi connectivity index (χ0n) is 11.9. The van der Waals surface area contributed by atoms with Gasteiger partial charge in [-0.1, -0.05) is 36.9 Å². The molecule has 102 valence electrons. The Morgan fingerprint density at radius 2 is 1.80 bits per heavy atom. The monoisotopic (exact) mass is 283 g/mol. The van der Waals surface area contributed by atoms with Gasteiger partial charge in [-0.3, -0.25) is 4.79 Å². The van der Waals surface area contributed by atoms with Crippen LogP contribution in [0, 0.1) is 0 Å². The standard InChI is InChI=1S/C17H17NOS/c1-11(12(2)19)13-8-9-17-15(10-13)18(3)14-6-4-5-7-16(14)20-17/h4-11H,1-3H3. The second kappa shape index (κ2) is 4.98. The van der Waals surface area contributed by atoms with Crippen molar-refractivity contribution in [2.24, 2.45) is 0 Å². The Bertz CT molecular complexity index is 680. The molecule has 0 bridgehead atoms. The summed E-state index contributed by atoms with van der Waals surface area (Å²) in [7, 11) is 2.08. The molecule has 0 fully saturated rings. The molecular weight excluding hydrogens is 266 g/mol. The third-order valence-corrected chi connectivity index (χ3v) is 5.03. The maximum Gasteiger partial charge on any atom is 0.136 e. The molecule has 0 saturated heterocycles. The summed E-state index contributed by atoms with van der Waals surface area (Å²) in [6.45, 7) is 3.62. The highest BCUT2D eigenvalue weighted by molar-refractivity contribution is 7.99. The van der Waals surface area contributed by atoms with Crippen LogP contribution in [0.1, 0.15) is 25.3 Å². The summed E-state index contributed by atoms with van der Waals surface area (Å²) < 4.78 is 0. The molecular formula is C17H17NOS. The SMILES string of the molecule is CC(=O)C(C)c1ccc2c(c1)N(C)c1ccccc1S2. The lowest BCUT2D eigenvalue weighted by Crippen LogP contribution is -2.15. The maximum absolute atomic E-state index is 11.6. The van der Waals surface area contributed by atoms with Crippen molar-refractivity contribution in [1.29, 1.82) is 0 Å². The van der Waals surface area contributed by atoms with E-state index in [2.05, 4.69) is 54.4 Å². The average Bonchev–Trinajstić information content (AvgIpc) is 2.46. The molecule has 1 aliphatic heterocycles. The molecule has 0 aliphatic carbocycles. The lowest BCUT2D eigenvalue weighted by Gasteiger charge is -2.30. The van der Waals surface area contributed by atoms with Gasteiger partial charge in [0, 0.05) is 22.8 Å². The van der Waals surface area contributed by atoms with E-state index in [0.29, 0.717) is 0 Å². The van der Waals surface area contributed by atoms with Gasteiger partial charge in [-0.05, 0) is 36.8 Å². The number of nitrogens with zero attached hydrogens (tertiary/aromatic N) is 1. The minimum atomic E-state index is -0.0455. The van der Waals surface area contributed by atoms with Crippen molar-refractivity contribution in [3.05, 3.63) is 48.0 Å². The number of benzene rings is 2. The molecule has 1 unspecified atom stereocenters. The predicted molar refractivity (Wildman–Crippen MR) is 84.2 cm³/mol. The second-order valence-electron chi connectivity index (χ2n) is 5.19. The van der Waals surface area contributed by atoms with Gasteiger partial charge >= 0.3 is 0 Å². The molecule has 2 aromatic rings. The summed E-state index contributed by atoms with van der Waals surface area (Å²) in [5.41, 5.74) is 3.49. The fourth-order valence-corrected chi connectivity index (χ4v) is 3.59. The number of carbonyl (C=O) groups excluding carboxylic acids is 1. The number of carbonyl (C=O) groups is 1. The number of para-hydroxylation sites is 1. The summed E-state index contributed by atoms with van der Waals surface area (Å²) in [6, 6.07) is 14.7. The van der Waals surface area contributed by atoms with E-state index < -0.39 is 0 Å². The summed E-state index contributed by atoms with van der Waals surface area (Å²) >= 11 is 1.79. The van der Waals surface area contributed by atoms with Gasteiger partial charge in [0.15, 0.2) is 0 Å². The molecule has 0 saturated carbocycles. The van der Waals surface area contributed by atoms with E-state index in [0.717, 1.165) is 5.56 Å². The Morgan fingerprint density at radius 1 is 1.10 bits per heavy atom. The van der Waals surface area contributed by atoms with Gasteiger partial charge in [-0.25, -0.2) is 0 Å². The molecule has 0 N–H and O–H groups in total. The largest absolute Gasteiger partial charge is 0.343 e. The fourth-order valence-electron chi connectivity index (χ4n) is 2.46. The van der Waals surface area contributed by atoms with Crippen molar-refractivity contribution in [3.63, 3.8) is 0 Å². The summed E-state index contributed by atoms with van der Waals surface area (Å²) in [4.78, 5) is 16.3. The van der Waals surface area contributed by atoms with Gasteiger partial charge in [0.05, 0.1) is 11.4 Å². The van der Waals surface area contributed by atoms with Crippen LogP contribution >= 0.6 is 11.8 Å². The van der Waals surface area contributed by atoms with Crippen LogP contribution in [0.4, 0.5) is 11.4 Å². The van der Waals surface area contributed by atoms with Crippen LogP contribution in [0.25, 0.3) is 0 Å². The Kier molecular flexibility index (Phi) is 3.30. The van der Waals surface area contributed by atoms with E-state index in [-0.39, 0.29) is 11.7 Å². The van der Waals surface area contributed by atoms with Crippen LogP contribution in [0.15, 0.2) is 52.3 Å². The number of anilines is 2. The normalized spacial score (nSPS) is 14.4. The van der Waals surface area contributed by atoms with Gasteiger partial charge in [0.25, 0.3) is 0 Å². The first-order valence-corrected chi connectivity index (χ1v) is 7.54. The number of fused-ring (bicyclic) bond motifs is 2. The minimum absolute atomic E-state index is 0.0455. The first kappa shape index (κ1) is 13.3. The second-order valence-corrected chi connectivity index (χ2v) is 6.27. The number of Topliss-reactive ketones (excluding diaryl/α,β-unsaturated/α-hetero) is 1. The highest BCUT2D eigenvalue weighted by Gasteiger charge is 2.22. The van der Waals surface area contributed by atoms with Crippen LogP contribution in [0.5, 0.6) is 0 Å². The highest BCUT2D eigenvalue weighted by atomic mass is 32.2. The van der Waals surface area contributed by atoms with Crippen LogP contribution in [-0.4, -0.2) is 12.8 Å². The van der Waals surface area contributed by atoms with Crippen molar-refractivity contribution in [2.75, 3.05) is 11.9 Å². The van der Waals surface area contributed by atoms with Crippen LogP contribution in [-0.2, 0) is 4.79 Å². The smallest absolute Gasteiger partial charge is 0.136 e. The number of hydrogen-bond donors (Lipinski definition) is 0. The quantitative estimate of drug-likeness (QED) is 0.802. The lowest BCUT2D eigenvalue weighted by atomic mass is 9.97. The molecule has 20 heavy (non-hydrogen) atoms. The Labute approximate surface area is 123 Å². The van der Waals surface area contributed by atoms with Gasteiger partial charge in [0.2, 0.25) is 0 Å². The van der Waals surface area contributed by atoms with Gasteiger partial charge < -0.3 is 4.90 Å². The molecule has 3 heteroatoms. The van der Waals surface area contributed by atoms with Crippen molar-refractivity contribution in [1.82, 2.24) is 0 Å². The first-order chi connectivity index (χ1) is 9.58. The molecule has 2 nitrogen and oxygen atoms in total. The minimum Gasteiger partial charge on any atom is -0.343 e. The molecule has 2 aromatic carbocycles. The Balaban J connectivity index is 2.06. The topological polar surface area (TPSA) is 20.3 Å². The van der Waals surface area contributed by atoms with Crippen LogP contribution in [0.2, 0.25) is 0 Å². The molecule has 1 aliphatic rings. The molecule has 0 spiro atoms.